The summed E-state index contributed by atoms with van der Waals surface area (Å²) in [5, 5.41) is 7.53. The first kappa shape index (κ1) is 16.1. The molecular weight excluding hydrogens is 308 g/mol. The average Bonchev–Trinajstić information content (AvgIpc) is 3.17. The lowest BCUT2D eigenvalue weighted by atomic mass is 10.0. The van der Waals surface area contributed by atoms with Crippen LogP contribution in [0.15, 0.2) is 30.4 Å². The number of allylic oxidation sites excluding steroid dienone is 1. The molecule has 1 aromatic rings. The molecule has 0 heterocycles. The van der Waals surface area contributed by atoms with Crippen molar-refractivity contribution in [2.24, 2.45) is 11.8 Å². The van der Waals surface area contributed by atoms with E-state index in [1.165, 1.54) is 18.4 Å². The number of benzene rings is 1. The zero-order valence-electron chi connectivity index (χ0n) is 13.7. The Morgan fingerprint density at radius 1 is 1.17 bits per heavy atom. The lowest BCUT2D eigenvalue weighted by molar-refractivity contribution is 0.354. The van der Waals surface area contributed by atoms with Gasteiger partial charge in [-0.25, -0.2) is 0 Å². The van der Waals surface area contributed by atoms with Crippen LogP contribution in [-0.4, -0.2) is 31.9 Å². The molecule has 23 heavy (non-hydrogen) atoms. The number of methoxy groups -OCH3 is 2. The van der Waals surface area contributed by atoms with Crippen molar-refractivity contribution in [2.45, 2.75) is 25.3 Å². The minimum absolute atomic E-state index is 0.506. The molecule has 0 spiro atoms. The van der Waals surface area contributed by atoms with Crippen LogP contribution >= 0.6 is 12.2 Å². The first-order valence-electron chi connectivity index (χ1n) is 8.13. The predicted octanol–water partition coefficient (Wildman–Crippen LogP) is 2.68. The second kappa shape index (κ2) is 7.21. The van der Waals surface area contributed by atoms with E-state index >= 15 is 0 Å². The quantitative estimate of drug-likeness (QED) is 0.619. The summed E-state index contributed by atoms with van der Waals surface area (Å²) in [6.45, 7) is 0.804. The lowest BCUT2D eigenvalue weighted by Gasteiger charge is -2.22. The van der Waals surface area contributed by atoms with Gasteiger partial charge in [0, 0.05) is 12.6 Å². The van der Waals surface area contributed by atoms with Crippen LogP contribution in [0.25, 0.3) is 0 Å². The SMILES string of the molecule is COc1ccc(CCNC(=S)N[C@@H]2C[C@H]3C=C[C@@H]2C3)cc1OC. The Morgan fingerprint density at radius 3 is 2.65 bits per heavy atom. The van der Waals surface area contributed by atoms with Crippen LogP contribution in [0.4, 0.5) is 0 Å². The summed E-state index contributed by atoms with van der Waals surface area (Å²) in [4.78, 5) is 0. The number of hydrogen-bond donors (Lipinski definition) is 2. The van der Waals surface area contributed by atoms with Crippen LogP contribution in [0.2, 0.25) is 0 Å². The highest BCUT2D eigenvalue weighted by Crippen LogP contribution is 2.38. The van der Waals surface area contributed by atoms with Crippen molar-refractivity contribution in [1.29, 1.82) is 0 Å². The molecule has 1 fully saturated rings. The lowest BCUT2D eigenvalue weighted by Crippen LogP contribution is -2.44. The van der Waals surface area contributed by atoms with E-state index in [1.807, 2.05) is 12.1 Å². The Kier molecular flexibility index (Phi) is 5.06. The number of rotatable bonds is 6. The van der Waals surface area contributed by atoms with Gasteiger partial charge in [-0.1, -0.05) is 18.2 Å². The third kappa shape index (κ3) is 3.78. The van der Waals surface area contributed by atoms with E-state index in [2.05, 4.69) is 28.9 Å². The van der Waals surface area contributed by atoms with E-state index in [0.29, 0.717) is 12.0 Å². The van der Waals surface area contributed by atoms with Crippen LogP contribution in [-0.2, 0) is 6.42 Å². The summed E-state index contributed by atoms with van der Waals surface area (Å²) in [5.74, 6) is 2.93. The van der Waals surface area contributed by atoms with Gasteiger partial charge in [0.2, 0.25) is 0 Å². The normalized spacial score (nSPS) is 24.5. The first-order valence-corrected chi connectivity index (χ1v) is 8.54. The molecule has 0 unspecified atom stereocenters. The molecule has 0 aromatic heterocycles. The molecule has 2 bridgehead atoms. The smallest absolute Gasteiger partial charge is 0.166 e. The Morgan fingerprint density at radius 2 is 2.00 bits per heavy atom. The third-order valence-corrected chi connectivity index (χ3v) is 5.00. The van der Waals surface area contributed by atoms with Gasteiger partial charge in [-0.3, -0.25) is 0 Å². The minimum atomic E-state index is 0.506. The minimum Gasteiger partial charge on any atom is -0.493 e. The van der Waals surface area contributed by atoms with Crippen LogP contribution < -0.4 is 20.1 Å². The highest BCUT2D eigenvalue weighted by molar-refractivity contribution is 7.80. The van der Waals surface area contributed by atoms with Crippen molar-refractivity contribution < 1.29 is 9.47 Å². The third-order valence-electron chi connectivity index (χ3n) is 4.74. The van der Waals surface area contributed by atoms with Crippen LogP contribution in [0.3, 0.4) is 0 Å². The molecule has 124 valence electrons. The molecule has 1 aromatic carbocycles. The van der Waals surface area contributed by atoms with Gasteiger partial charge in [0.25, 0.3) is 0 Å². The molecule has 0 radical (unpaired) electrons. The van der Waals surface area contributed by atoms with Crippen LogP contribution in [0.5, 0.6) is 11.5 Å². The van der Waals surface area contributed by atoms with E-state index in [4.69, 9.17) is 21.7 Å². The highest BCUT2D eigenvalue weighted by atomic mass is 32.1. The summed E-state index contributed by atoms with van der Waals surface area (Å²) < 4.78 is 10.6. The monoisotopic (exact) mass is 332 g/mol. The summed E-state index contributed by atoms with van der Waals surface area (Å²) in [6.07, 6.45) is 8.05. The van der Waals surface area contributed by atoms with E-state index in [-0.39, 0.29) is 0 Å². The van der Waals surface area contributed by atoms with Gasteiger partial charge in [-0.15, -0.1) is 0 Å². The number of hydrogen-bond acceptors (Lipinski definition) is 3. The van der Waals surface area contributed by atoms with Crippen molar-refractivity contribution in [2.75, 3.05) is 20.8 Å². The molecule has 5 heteroatoms. The summed E-state index contributed by atoms with van der Waals surface area (Å²) >= 11 is 5.42. The van der Waals surface area contributed by atoms with Crippen LogP contribution in [0, 0.1) is 11.8 Å². The fourth-order valence-electron chi connectivity index (χ4n) is 3.52. The largest absolute Gasteiger partial charge is 0.493 e. The average molecular weight is 332 g/mol. The number of ether oxygens (including phenoxy) is 2. The number of nitrogens with one attached hydrogen (secondary N) is 2. The van der Waals surface area contributed by atoms with Gasteiger partial charge in [0.05, 0.1) is 14.2 Å². The molecule has 0 amide bonds. The molecule has 2 aliphatic carbocycles. The molecular formula is C18H24N2O2S. The molecule has 2 N–H and O–H groups in total. The second-order valence-corrected chi connectivity index (χ2v) is 6.63. The molecule has 1 saturated carbocycles. The standard InChI is InChI=1S/C18H24N2O2S/c1-21-16-6-4-12(11-17(16)22-2)7-8-19-18(23)20-15-10-13-3-5-14(15)9-13/h3-6,11,13-15H,7-10H2,1-2H3,(H2,19,20,23)/t13-,14+,15+/m0/s1. The van der Waals surface area contributed by atoms with Crippen molar-refractivity contribution >= 4 is 17.3 Å². The molecule has 0 aliphatic heterocycles. The summed E-state index contributed by atoms with van der Waals surface area (Å²) in [7, 11) is 3.30. The Hall–Kier alpha value is -1.75. The highest BCUT2D eigenvalue weighted by Gasteiger charge is 2.35. The van der Waals surface area contributed by atoms with Crippen LogP contribution in [0.1, 0.15) is 18.4 Å². The zero-order valence-corrected chi connectivity index (χ0v) is 14.5. The summed E-state index contributed by atoms with van der Waals surface area (Å²) in [6, 6.07) is 6.51. The maximum atomic E-state index is 5.42. The van der Waals surface area contributed by atoms with Crippen molar-refractivity contribution in [3.63, 3.8) is 0 Å². The summed E-state index contributed by atoms with van der Waals surface area (Å²) in [5.41, 5.74) is 1.20. The number of thiocarbonyl (C=S) groups is 1. The van der Waals surface area contributed by atoms with Gasteiger partial charge in [0.15, 0.2) is 16.6 Å². The van der Waals surface area contributed by atoms with Gasteiger partial charge in [-0.05, 0) is 61.0 Å². The van der Waals surface area contributed by atoms with Gasteiger partial charge < -0.3 is 20.1 Å². The van der Waals surface area contributed by atoms with E-state index in [1.54, 1.807) is 14.2 Å². The maximum absolute atomic E-state index is 5.42. The van der Waals surface area contributed by atoms with Gasteiger partial charge in [-0.2, -0.15) is 0 Å². The van der Waals surface area contributed by atoms with Crippen molar-refractivity contribution in [3.8, 4) is 11.5 Å². The zero-order chi connectivity index (χ0) is 16.2. The first-order chi connectivity index (χ1) is 11.2. The Balaban J connectivity index is 1.44. The topological polar surface area (TPSA) is 42.5 Å². The fraction of sp³-hybridized carbons (Fsp3) is 0.500. The van der Waals surface area contributed by atoms with E-state index in [9.17, 15) is 0 Å². The Labute approximate surface area is 143 Å². The second-order valence-electron chi connectivity index (χ2n) is 6.23. The van der Waals surface area contributed by atoms with Crippen molar-refractivity contribution in [1.82, 2.24) is 10.6 Å². The molecule has 3 rings (SSSR count). The molecule has 3 atom stereocenters. The Bertz CT molecular complexity index is 603. The van der Waals surface area contributed by atoms with Gasteiger partial charge in [0.1, 0.15) is 0 Å². The van der Waals surface area contributed by atoms with Gasteiger partial charge >= 0.3 is 0 Å². The predicted molar refractivity (Wildman–Crippen MR) is 96.1 cm³/mol. The molecule has 4 nitrogen and oxygen atoms in total. The molecule has 0 saturated heterocycles. The van der Waals surface area contributed by atoms with E-state index < -0.39 is 0 Å². The fourth-order valence-corrected chi connectivity index (χ4v) is 3.78. The molecule has 2 aliphatic rings. The number of fused-ring (bicyclic) bond motifs is 2. The maximum Gasteiger partial charge on any atom is 0.166 e. The van der Waals surface area contributed by atoms with E-state index in [0.717, 1.165) is 35.5 Å². The van der Waals surface area contributed by atoms with Crippen molar-refractivity contribution in [3.05, 3.63) is 35.9 Å².